The number of carbonyl (C=O) groups is 2. The maximum Gasteiger partial charge on any atom is 0.307 e. The van der Waals surface area contributed by atoms with Gasteiger partial charge >= 0.3 is 5.97 Å². The summed E-state index contributed by atoms with van der Waals surface area (Å²) in [5.74, 6) is -0.995. The van der Waals surface area contributed by atoms with Crippen LogP contribution in [0.15, 0.2) is 53.4 Å². The van der Waals surface area contributed by atoms with Crippen LogP contribution in [-0.4, -0.2) is 28.2 Å². The number of thioether (sulfide) groups is 1. The summed E-state index contributed by atoms with van der Waals surface area (Å²) < 4.78 is 0. The first kappa shape index (κ1) is 21.8. The van der Waals surface area contributed by atoms with E-state index in [9.17, 15) is 9.59 Å². The fraction of sp³-hybridized carbons (Fsp3) is 0.174. The van der Waals surface area contributed by atoms with Gasteiger partial charge in [0.1, 0.15) is 0 Å². The first-order chi connectivity index (χ1) is 14.4. The number of hydrogen-bond donors (Lipinski definition) is 2. The van der Waals surface area contributed by atoms with Crippen molar-refractivity contribution in [2.75, 3.05) is 11.6 Å². The van der Waals surface area contributed by atoms with E-state index in [0.29, 0.717) is 5.13 Å². The lowest BCUT2D eigenvalue weighted by atomic mass is 10.1. The van der Waals surface area contributed by atoms with Crippen LogP contribution in [0.3, 0.4) is 0 Å². The highest BCUT2D eigenvalue weighted by atomic mass is 32.2. The van der Waals surface area contributed by atoms with Crippen LogP contribution in [0.1, 0.15) is 34.2 Å². The number of aliphatic carboxylic acids is 1. The van der Waals surface area contributed by atoms with Gasteiger partial charge in [-0.15, -0.1) is 23.1 Å². The monoisotopic (exact) mass is 438 g/mol. The summed E-state index contributed by atoms with van der Waals surface area (Å²) >= 11 is 3.18. The zero-order valence-corrected chi connectivity index (χ0v) is 18.3. The molecule has 1 heterocycles. The predicted octanol–water partition coefficient (Wildman–Crippen LogP) is 5.21. The molecule has 0 fully saturated rings. The number of benzene rings is 2. The molecule has 5 nitrogen and oxygen atoms in total. The smallest absolute Gasteiger partial charge is 0.307 e. The molecule has 0 atom stereocenters. The molecule has 3 aromatic rings. The summed E-state index contributed by atoms with van der Waals surface area (Å²) in [4.78, 5) is 29.1. The summed E-state index contributed by atoms with van der Waals surface area (Å²) in [5.41, 5.74) is 3.70. The standard InChI is InChI=1S/C23H22N2O3S2/c1-15(26)24-23-25-20(12-9-16-3-5-18(6-4-16)14-22(27)28)21(30-23)13-17-7-10-19(29-2)11-8-17/h3-12H,13-14H2,1-2H3,(H,27,28)(H,24,25,26)/b12-9+. The van der Waals surface area contributed by atoms with Crippen LogP contribution in [0, 0.1) is 0 Å². The molecule has 1 amide bonds. The lowest BCUT2D eigenvalue weighted by molar-refractivity contribution is -0.136. The Bertz CT molecular complexity index is 1060. The van der Waals surface area contributed by atoms with Crippen molar-refractivity contribution in [1.82, 2.24) is 4.98 Å². The molecule has 0 aliphatic heterocycles. The Morgan fingerprint density at radius 2 is 1.73 bits per heavy atom. The van der Waals surface area contributed by atoms with Gasteiger partial charge in [0.05, 0.1) is 12.1 Å². The van der Waals surface area contributed by atoms with Crippen molar-refractivity contribution in [3.8, 4) is 0 Å². The van der Waals surface area contributed by atoms with Crippen LogP contribution in [0.4, 0.5) is 5.13 Å². The minimum atomic E-state index is -0.846. The van der Waals surface area contributed by atoms with Gasteiger partial charge in [0.2, 0.25) is 5.91 Å². The van der Waals surface area contributed by atoms with Gasteiger partial charge in [0, 0.05) is 23.1 Å². The van der Waals surface area contributed by atoms with Crippen LogP contribution in [0.5, 0.6) is 0 Å². The Morgan fingerprint density at radius 3 is 2.33 bits per heavy atom. The highest BCUT2D eigenvalue weighted by molar-refractivity contribution is 7.98. The maximum absolute atomic E-state index is 11.4. The molecule has 0 saturated heterocycles. The maximum atomic E-state index is 11.4. The van der Waals surface area contributed by atoms with Crippen molar-refractivity contribution in [1.29, 1.82) is 0 Å². The number of carboxylic acid groups (broad SMARTS) is 1. The van der Waals surface area contributed by atoms with E-state index in [4.69, 9.17) is 5.11 Å². The number of hydrogen-bond acceptors (Lipinski definition) is 5. The number of nitrogens with one attached hydrogen (secondary N) is 1. The van der Waals surface area contributed by atoms with Gasteiger partial charge in [-0.25, -0.2) is 4.98 Å². The molecule has 0 bridgehead atoms. The van der Waals surface area contributed by atoms with E-state index in [2.05, 4.69) is 40.8 Å². The number of anilines is 1. The molecular weight excluding hydrogens is 416 g/mol. The number of carboxylic acids is 1. The third-order valence-corrected chi connectivity index (χ3v) is 6.03. The van der Waals surface area contributed by atoms with E-state index in [1.165, 1.54) is 28.7 Å². The molecule has 7 heteroatoms. The Kier molecular flexibility index (Phi) is 7.43. The molecule has 0 radical (unpaired) electrons. The second-order valence-corrected chi connectivity index (χ2v) is 8.64. The van der Waals surface area contributed by atoms with Crippen molar-refractivity contribution < 1.29 is 14.7 Å². The predicted molar refractivity (Wildman–Crippen MR) is 124 cm³/mol. The van der Waals surface area contributed by atoms with Crippen molar-refractivity contribution in [2.45, 2.75) is 24.7 Å². The fourth-order valence-corrected chi connectivity index (χ4v) is 4.29. The summed E-state index contributed by atoms with van der Waals surface area (Å²) in [5, 5.41) is 12.2. The molecule has 2 N–H and O–H groups in total. The summed E-state index contributed by atoms with van der Waals surface area (Å²) in [6.07, 6.45) is 6.66. The van der Waals surface area contributed by atoms with Crippen molar-refractivity contribution in [3.05, 3.63) is 75.8 Å². The Hall–Kier alpha value is -2.90. The largest absolute Gasteiger partial charge is 0.481 e. The average molecular weight is 439 g/mol. The van der Waals surface area contributed by atoms with E-state index in [-0.39, 0.29) is 12.3 Å². The Labute approximate surface area is 183 Å². The number of carbonyl (C=O) groups excluding carboxylic acids is 1. The topological polar surface area (TPSA) is 79.3 Å². The molecule has 1 aromatic heterocycles. The molecular formula is C23H22N2O3S2. The lowest BCUT2D eigenvalue weighted by Crippen LogP contribution is -2.04. The fourth-order valence-electron chi connectivity index (χ4n) is 2.85. The van der Waals surface area contributed by atoms with Crippen LogP contribution >= 0.6 is 23.1 Å². The Morgan fingerprint density at radius 1 is 1.07 bits per heavy atom. The van der Waals surface area contributed by atoms with Gasteiger partial charge in [0.25, 0.3) is 0 Å². The SMILES string of the molecule is CSc1ccc(Cc2sc(NC(C)=O)nc2/C=C/c2ccc(CC(=O)O)cc2)cc1. The normalized spacial score (nSPS) is 11.0. The number of amides is 1. The van der Waals surface area contributed by atoms with Crippen molar-refractivity contribution in [3.63, 3.8) is 0 Å². The molecule has 2 aromatic carbocycles. The summed E-state index contributed by atoms with van der Waals surface area (Å²) in [6.45, 7) is 1.47. The molecule has 0 spiro atoms. The number of nitrogens with zero attached hydrogens (tertiary/aromatic N) is 1. The second kappa shape index (κ2) is 10.2. The number of thiazole rings is 1. The third-order valence-electron chi connectivity index (χ3n) is 4.30. The molecule has 154 valence electrons. The Balaban J connectivity index is 1.82. The molecule has 0 saturated carbocycles. The number of aromatic nitrogens is 1. The van der Waals surface area contributed by atoms with Crippen LogP contribution in [-0.2, 0) is 22.4 Å². The zero-order chi connectivity index (χ0) is 21.5. The minimum absolute atomic E-state index is 0.00956. The van der Waals surface area contributed by atoms with E-state index < -0.39 is 5.97 Å². The first-order valence-electron chi connectivity index (χ1n) is 9.32. The van der Waals surface area contributed by atoms with Crippen LogP contribution < -0.4 is 5.32 Å². The highest BCUT2D eigenvalue weighted by Gasteiger charge is 2.11. The molecule has 3 rings (SSSR count). The van der Waals surface area contributed by atoms with Crippen LogP contribution in [0.2, 0.25) is 0 Å². The van der Waals surface area contributed by atoms with E-state index >= 15 is 0 Å². The van der Waals surface area contributed by atoms with E-state index in [1.807, 2.05) is 36.4 Å². The van der Waals surface area contributed by atoms with Crippen molar-refractivity contribution in [2.24, 2.45) is 0 Å². The number of rotatable bonds is 8. The highest BCUT2D eigenvalue weighted by Crippen LogP contribution is 2.28. The third kappa shape index (κ3) is 6.30. The second-order valence-electron chi connectivity index (χ2n) is 6.68. The quantitative estimate of drug-likeness (QED) is 0.472. The van der Waals surface area contributed by atoms with Gasteiger partial charge in [-0.1, -0.05) is 42.5 Å². The lowest BCUT2D eigenvalue weighted by Gasteiger charge is -2.02. The summed E-state index contributed by atoms with van der Waals surface area (Å²) in [7, 11) is 0. The molecule has 30 heavy (non-hydrogen) atoms. The first-order valence-corrected chi connectivity index (χ1v) is 11.4. The van der Waals surface area contributed by atoms with Gasteiger partial charge in [-0.05, 0) is 41.2 Å². The van der Waals surface area contributed by atoms with Gasteiger partial charge in [-0.2, -0.15) is 0 Å². The van der Waals surface area contributed by atoms with Gasteiger partial charge in [-0.3, -0.25) is 9.59 Å². The van der Waals surface area contributed by atoms with E-state index in [1.54, 1.807) is 11.8 Å². The molecule has 0 unspecified atom stereocenters. The summed E-state index contributed by atoms with van der Waals surface area (Å²) in [6, 6.07) is 15.8. The minimum Gasteiger partial charge on any atom is -0.481 e. The molecule has 0 aliphatic rings. The van der Waals surface area contributed by atoms with Gasteiger partial charge in [0.15, 0.2) is 5.13 Å². The van der Waals surface area contributed by atoms with Crippen LogP contribution in [0.25, 0.3) is 12.2 Å². The van der Waals surface area contributed by atoms with E-state index in [0.717, 1.165) is 28.1 Å². The zero-order valence-electron chi connectivity index (χ0n) is 16.7. The van der Waals surface area contributed by atoms with Crippen molar-refractivity contribution >= 4 is 52.3 Å². The average Bonchev–Trinajstić information content (AvgIpc) is 3.08. The molecule has 0 aliphatic carbocycles. The van der Waals surface area contributed by atoms with Gasteiger partial charge < -0.3 is 10.4 Å².